The van der Waals surface area contributed by atoms with Crippen LogP contribution in [0.2, 0.25) is 0 Å². The minimum absolute atomic E-state index is 0.235. The zero-order valence-electron chi connectivity index (χ0n) is 17.4. The Hall–Kier alpha value is -1.99. The fourth-order valence-corrected chi connectivity index (χ4v) is 2.68. The zero-order valence-corrected chi connectivity index (χ0v) is 17.4. The molecule has 0 aliphatic heterocycles. The van der Waals surface area contributed by atoms with Crippen LogP contribution < -0.4 is 0 Å². The fraction of sp³-hybridized carbons (Fsp3) is 0.682. The molecule has 164 valence electrons. The monoisotopic (exact) mass is 409 g/mol. The van der Waals surface area contributed by atoms with Crippen LogP contribution in [0.3, 0.4) is 0 Å². The number of esters is 1. The van der Waals surface area contributed by atoms with Crippen LogP contribution in [0.15, 0.2) is 41.8 Å². The molecule has 0 radical (unpaired) electrons. The third kappa shape index (κ3) is 12.2. The first kappa shape index (κ1) is 25.0. The number of hydrogen-bond acceptors (Lipinski definition) is 7. The van der Waals surface area contributed by atoms with Crippen molar-refractivity contribution < 1.29 is 23.7 Å². The lowest BCUT2D eigenvalue weighted by molar-refractivity contribution is -0.138. The molecule has 1 atom stereocenters. The van der Waals surface area contributed by atoms with Gasteiger partial charge in [0.1, 0.15) is 18.4 Å². The molecule has 7 heteroatoms. The Morgan fingerprint density at radius 2 is 1.59 bits per heavy atom. The Morgan fingerprint density at radius 3 is 2.17 bits per heavy atom. The predicted octanol–water partition coefficient (Wildman–Crippen LogP) is 4.47. The van der Waals surface area contributed by atoms with E-state index < -0.39 is 12.0 Å². The van der Waals surface area contributed by atoms with E-state index in [0.29, 0.717) is 32.8 Å². The molecular weight excluding hydrogens is 374 g/mol. The van der Waals surface area contributed by atoms with Crippen LogP contribution >= 0.6 is 0 Å². The Kier molecular flexibility index (Phi) is 14.6. The number of unbranched alkanes of at least 4 members (excludes halogenated alkanes) is 3. The van der Waals surface area contributed by atoms with Gasteiger partial charge in [0.05, 0.1) is 13.2 Å². The van der Waals surface area contributed by atoms with Gasteiger partial charge in [-0.05, 0) is 43.8 Å². The molecule has 1 aliphatic carbocycles. The van der Waals surface area contributed by atoms with E-state index in [1.165, 1.54) is 12.0 Å². The number of hydrogen-bond donors (Lipinski definition) is 0. The number of nitroso groups, excluding NO2 is 1. The van der Waals surface area contributed by atoms with Crippen molar-refractivity contribution in [1.82, 2.24) is 0 Å². The quantitative estimate of drug-likeness (QED) is 0.103. The predicted molar refractivity (Wildman–Crippen MR) is 112 cm³/mol. The maximum atomic E-state index is 10.9. The second kappa shape index (κ2) is 16.9. The van der Waals surface area contributed by atoms with E-state index in [0.717, 1.165) is 50.4 Å². The summed E-state index contributed by atoms with van der Waals surface area (Å²) in [6.45, 7) is 9.86. The third-order valence-electron chi connectivity index (χ3n) is 4.55. The first-order chi connectivity index (χ1) is 14.2. The van der Waals surface area contributed by atoms with E-state index in [9.17, 15) is 9.70 Å². The molecule has 1 aliphatic rings. The van der Waals surface area contributed by atoms with E-state index >= 15 is 0 Å². The van der Waals surface area contributed by atoms with E-state index in [1.54, 1.807) is 6.08 Å². The van der Waals surface area contributed by atoms with E-state index in [1.807, 2.05) is 0 Å². The summed E-state index contributed by atoms with van der Waals surface area (Å²) in [5.74, 6) is 0.396. The highest BCUT2D eigenvalue weighted by atomic mass is 16.5. The highest BCUT2D eigenvalue weighted by Gasteiger charge is 2.16. The smallest absolute Gasteiger partial charge is 0.330 e. The SMILES string of the molecule is C=CC(=O)OCCCOCCCCCCOCC(COC(C=C)=C1CCC1)N=O. The summed E-state index contributed by atoms with van der Waals surface area (Å²) in [4.78, 5) is 21.8. The molecule has 0 bridgehead atoms. The average Bonchev–Trinajstić information content (AvgIpc) is 2.70. The van der Waals surface area contributed by atoms with Crippen molar-refractivity contribution in [2.45, 2.75) is 57.4 Å². The van der Waals surface area contributed by atoms with Gasteiger partial charge in [-0.1, -0.05) is 31.2 Å². The summed E-state index contributed by atoms with van der Waals surface area (Å²) in [6.07, 6.45) is 10.9. The molecule has 1 unspecified atom stereocenters. The Bertz CT molecular complexity index is 525. The molecule has 0 aromatic rings. The van der Waals surface area contributed by atoms with Crippen molar-refractivity contribution in [1.29, 1.82) is 0 Å². The van der Waals surface area contributed by atoms with Crippen molar-refractivity contribution in [3.63, 3.8) is 0 Å². The minimum atomic E-state index is -0.496. The third-order valence-corrected chi connectivity index (χ3v) is 4.55. The highest BCUT2D eigenvalue weighted by Crippen LogP contribution is 2.29. The summed E-state index contributed by atoms with van der Waals surface area (Å²) < 4.78 is 21.6. The highest BCUT2D eigenvalue weighted by molar-refractivity contribution is 5.81. The van der Waals surface area contributed by atoms with Crippen LogP contribution in [-0.4, -0.2) is 51.7 Å². The number of ether oxygens (including phenoxy) is 4. The fourth-order valence-electron chi connectivity index (χ4n) is 2.68. The van der Waals surface area contributed by atoms with Gasteiger partial charge < -0.3 is 18.9 Å². The molecule has 0 aromatic carbocycles. The molecular formula is C22H35NO6. The Labute approximate surface area is 174 Å². The summed E-state index contributed by atoms with van der Waals surface area (Å²) in [6, 6.07) is -0.496. The lowest BCUT2D eigenvalue weighted by Crippen LogP contribution is -2.20. The van der Waals surface area contributed by atoms with Gasteiger partial charge in [-0.25, -0.2) is 4.79 Å². The summed E-state index contributed by atoms with van der Waals surface area (Å²) in [5.41, 5.74) is 1.27. The van der Waals surface area contributed by atoms with Crippen molar-refractivity contribution in [2.75, 3.05) is 39.6 Å². The number of nitrogens with zero attached hydrogens (tertiary/aromatic N) is 1. The average molecular weight is 410 g/mol. The zero-order chi connectivity index (χ0) is 21.2. The molecule has 0 saturated heterocycles. The van der Waals surface area contributed by atoms with Crippen molar-refractivity contribution in [3.8, 4) is 0 Å². The molecule has 1 saturated carbocycles. The maximum absolute atomic E-state index is 10.9. The van der Waals surface area contributed by atoms with Gasteiger partial charge in [-0.3, -0.25) is 0 Å². The molecule has 0 N–H and O–H groups in total. The summed E-state index contributed by atoms with van der Waals surface area (Å²) in [5, 5.41) is 3.09. The van der Waals surface area contributed by atoms with Gasteiger partial charge in [0.15, 0.2) is 0 Å². The molecule has 0 amide bonds. The Morgan fingerprint density at radius 1 is 0.897 bits per heavy atom. The lowest BCUT2D eigenvalue weighted by atomic mass is 9.91. The molecule has 0 heterocycles. The van der Waals surface area contributed by atoms with E-state index in [-0.39, 0.29) is 13.2 Å². The van der Waals surface area contributed by atoms with Crippen LogP contribution in [0.4, 0.5) is 0 Å². The number of allylic oxidation sites excluding steroid dienone is 2. The largest absolute Gasteiger partial charge is 0.491 e. The number of rotatable bonds is 19. The van der Waals surface area contributed by atoms with Gasteiger partial charge in [-0.2, -0.15) is 4.91 Å². The normalized spacial score (nSPS) is 13.9. The number of carbonyl (C=O) groups is 1. The standard InChI is InChI=1S/C22H35NO6/c1-3-21(19-11-9-12-19)29-18-20(23-25)17-27-14-8-6-5-7-13-26-15-10-16-28-22(24)4-2/h3-4,20H,1-2,5-18H2. The van der Waals surface area contributed by atoms with Crippen molar-refractivity contribution >= 4 is 5.97 Å². The van der Waals surface area contributed by atoms with Crippen LogP contribution in [0.5, 0.6) is 0 Å². The van der Waals surface area contributed by atoms with Gasteiger partial charge in [0.2, 0.25) is 0 Å². The van der Waals surface area contributed by atoms with Gasteiger partial charge in [0, 0.05) is 32.3 Å². The van der Waals surface area contributed by atoms with Gasteiger partial charge >= 0.3 is 5.97 Å². The molecule has 1 fully saturated rings. The van der Waals surface area contributed by atoms with Gasteiger partial charge in [-0.15, -0.1) is 0 Å². The van der Waals surface area contributed by atoms with Crippen LogP contribution in [0.1, 0.15) is 51.4 Å². The Balaban J connectivity index is 1.90. The summed E-state index contributed by atoms with van der Waals surface area (Å²) in [7, 11) is 0. The number of carbonyl (C=O) groups excluding carboxylic acids is 1. The maximum Gasteiger partial charge on any atom is 0.330 e. The van der Waals surface area contributed by atoms with Crippen LogP contribution in [-0.2, 0) is 23.7 Å². The first-order valence-corrected chi connectivity index (χ1v) is 10.5. The van der Waals surface area contributed by atoms with Gasteiger partial charge in [0.25, 0.3) is 0 Å². The second-order valence-electron chi connectivity index (χ2n) is 6.92. The minimum Gasteiger partial charge on any atom is -0.491 e. The van der Waals surface area contributed by atoms with E-state index in [2.05, 4.69) is 18.3 Å². The topological polar surface area (TPSA) is 83.4 Å². The van der Waals surface area contributed by atoms with Crippen LogP contribution in [0, 0.1) is 4.91 Å². The molecule has 0 aromatic heterocycles. The molecule has 29 heavy (non-hydrogen) atoms. The molecule has 7 nitrogen and oxygen atoms in total. The van der Waals surface area contributed by atoms with E-state index in [4.69, 9.17) is 18.9 Å². The van der Waals surface area contributed by atoms with Crippen molar-refractivity contribution in [2.24, 2.45) is 5.18 Å². The first-order valence-electron chi connectivity index (χ1n) is 10.5. The molecule has 0 spiro atoms. The van der Waals surface area contributed by atoms with Crippen molar-refractivity contribution in [3.05, 3.63) is 41.5 Å². The lowest BCUT2D eigenvalue weighted by Gasteiger charge is -2.21. The van der Waals surface area contributed by atoms with Crippen LogP contribution in [0.25, 0.3) is 0 Å². The molecule has 1 rings (SSSR count). The second-order valence-corrected chi connectivity index (χ2v) is 6.92. The summed E-state index contributed by atoms with van der Waals surface area (Å²) >= 11 is 0.